The fourth-order valence-corrected chi connectivity index (χ4v) is 3.08. The summed E-state index contributed by atoms with van der Waals surface area (Å²) in [5.41, 5.74) is 7.55. The van der Waals surface area contributed by atoms with Gasteiger partial charge >= 0.3 is 6.03 Å². The number of carbonyl (C=O) groups is 1. The molecule has 2 rings (SSSR count). The van der Waals surface area contributed by atoms with Gasteiger partial charge in [-0.1, -0.05) is 12.1 Å². The summed E-state index contributed by atoms with van der Waals surface area (Å²) in [6.07, 6.45) is 0. The molecule has 20 heavy (non-hydrogen) atoms. The summed E-state index contributed by atoms with van der Waals surface area (Å²) in [4.78, 5) is 12.9. The van der Waals surface area contributed by atoms with Crippen molar-refractivity contribution in [1.82, 2.24) is 5.32 Å². The van der Waals surface area contributed by atoms with E-state index in [-0.39, 0.29) is 12.1 Å². The topological polar surface area (TPSA) is 67.1 Å². The summed E-state index contributed by atoms with van der Waals surface area (Å²) in [5.74, 6) is 0. The number of carbonyl (C=O) groups excluding carboxylic acids is 1. The molecule has 0 radical (unpaired) electrons. The molecule has 1 aromatic carbocycles. The summed E-state index contributed by atoms with van der Waals surface area (Å²) in [6.45, 7) is 2.42. The number of hydrogen-bond acceptors (Lipinski definition) is 3. The maximum atomic E-state index is 11.8. The number of amides is 2. The van der Waals surface area contributed by atoms with E-state index in [1.54, 1.807) is 11.3 Å². The van der Waals surface area contributed by atoms with Crippen molar-refractivity contribution in [2.45, 2.75) is 19.5 Å². The van der Waals surface area contributed by atoms with E-state index in [0.717, 1.165) is 20.6 Å². The molecule has 4 N–H and O–H groups in total. The van der Waals surface area contributed by atoms with Gasteiger partial charge in [-0.25, -0.2) is 4.79 Å². The third-order valence-electron chi connectivity index (χ3n) is 2.72. The minimum atomic E-state index is -0.226. The van der Waals surface area contributed by atoms with Crippen molar-refractivity contribution >= 4 is 39.0 Å². The average molecular weight is 354 g/mol. The third kappa shape index (κ3) is 4.33. The van der Waals surface area contributed by atoms with E-state index >= 15 is 0 Å². The monoisotopic (exact) mass is 353 g/mol. The summed E-state index contributed by atoms with van der Waals surface area (Å²) in [7, 11) is 0. The molecular formula is C14H16BrN3OS. The Bertz CT molecular complexity index is 598. The lowest BCUT2D eigenvalue weighted by molar-refractivity contribution is 0.252. The van der Waals surface area contributed by atoms with E-state index in [9.17, 15) is 4.79 Å². The molecule has 0 bridgehead atoms. The molecule has 0 fully saturated rings. The lowest BCUT2D eigenvalue weighted by Gasteiger charge is -2.10. The number of thiophene rings is 1. The quantitative estimate of drug-likeness (QED) is 0.781. The van der Waals surface area contributed by atoms with Crippen molar-refractivity contribution in [3.63, 3.8) is 0 Å². The highest BCUT2D eigenvalue weighted by Gasteiger charge is 2.05. The first-order chi connectivity index (χ1) is 9.54. The maximum Gasteiger partial charge on any atom is 0.319 e. The molecule has 106 valence electrons. The first kappa shape index (κ1) is 15.0. The fraction of sp³-hybridized carbons (Fsp3) is 0.214. The van der Waals surface area contributed by atoms with Crippen molar-refractivity contribution in [1.29, 1.82) is 0 Å². The molecule has 1 atom stereocenters. The second-order valence-electron chi connectivity index (χ2n) is 4.45. The van der Waals surface area contributed by atoms with Gasteiger partial charge in [0.15, 0.2) is 0 Å². The molecule has 2 amide bonds. The van der Waals surface area contributed by atoms with Crippen molar-refractivity contribution in [2.75, 3.05) is 5.32 Å². The maximum absolute atomic E-state index is 11.8. The highest BCUT2D eigenvalue weighted by Crippen LogP contribution is 2.19. The van der Waals surface area contributed by atoms with Gasteiger partial charge in [0.05, 0.1) is 6.54 Å². The zero-order chi connectivity index (χ0) is 14.5. The minimum Gasteiger partial charge on any atom is -0.333 e. The predicted molar refractivity (Wildman–Crippen MR) is 86.9 cm³/mol. The fourth-order valence-electron chi connectivity index (χ4n) is 1.69. The van der Waals surface area contributed by atoms with Crippen molar-refractivity contribution < 1.29 is 4.79 Å². The van der Waals surface area contributed by atoms with E-state index in [2.05, 4.69) is 26.6 Å². The van der Waals surface area contributed by atoms with Crippen LogP contribution in [0.4, 0.5) is 10.5 Å². The van der Waals surface area contributed by atoms with E-state index in [0.29, 0.717) is 6.54 Å². The van der Waals surface area contributed by atoms with Crippen molar-refractivity contribution in [3.05, 3.63) is 50.6 Å². The molecule has 0 aliphatic heterocycles. The van der Waals surface area contributed by atoms with E-state index in [1.165, 1.54) is 0 Å². The predicted octanol–water partition coefficient (Wildman–Crippen LogP) is 3.85. The number of nitrogens with one attached hydrogen (secondary N) is 2. The van der Waals surface area contributed by atoms with Gasteiger partial charge in [-0.15, -0.1) is 11.3 Å². The van der Waals surface area contributed by atoms with E-state index in [4.69, 9.17) is 5.73 Å². The molecule has 0 saturated heterocycles. The number of hydrogen-bond donors (Lipinski definition) is 3. The number of rotatable bonds is 4. The summed E-state index contributed by atoms with van der Waals surface area (Å²) >= 11 is 4.98. The Morgan fingerprint density at radius 3 is 2.90 bits per heavy atom. The van der Waals surface area contributed by atoms with E-state index in [1.807, 2.05) is 42.6 Å². The Morgan fingerprint density at radius 2 is 2.25 bits per heavy atom. The first-order valence-electron chi connectivity index (χ1n) is 6.18. The zero-order valence-electron chi connectivity index (χ0n) is 11.0. The Hall–Kier alpha value is -1.37. The lowest BCUT2D eigenvalue weighted by atomic mass is 10.1. The third-order valence-corrected chi connectivity index (χ3v) is 4.41. The van der Waals surface area contributed by atoms with Crippen LogP contribution in [0, 0.1) is 0 Å². The molecule has 0 aliphatic carbocycles. The van der Waals surface area contributed by atoms with Crippen LogP contribution in [0.25, 0.3) is 0 Å². The molecule has 1 unspecified atom stereocenters. The van der Waals surface area contributed by atoms with Crippen LogP contribution < -0.4 is 16.4 Å². The molecule has 0 spiro atoms. The van der Waals surface area contributed by atoms with Crippen LogP contribution in [0.5, 0.6) is 0 Å². The number of benzene rings is 1. The molecule has 0 aliphatic rings. The number of urea groups is 1. The molecule has 1 aromatic heterocycles. The lowest BCUT2D eigenvalue weighted by Crippen LogP contribution is -2.27. The van der Waals surface area contributed by atoms with E-state index < -0.39 is 0 Å². The molecule has 6 heteroatoms. The van der Waals surface area contributed by atoms with Crippen LogP contribution in [0.2, 0.25) is 0 Å². The highest BCUT2D eigenvalue weighted by atomic mass is 79.9. The highest BCUT2D eigenvalue weighted by molar-refractivity contribution is 9.10. The average Bonchev–Trinajstić information content (AvgIpc) is 2.82. The van der Waals surface area contributed by atoms with Gasteiger partial charge in [0.25, 0.3) is 0 Å². The van der Waals surface area contributed by atoms with Gasteiger partial charge in [-0.05, 0) is 46.6 Å². The minimum absolute atomic E-state index is 0.0525. The number of nitrogens with two attached hydrogens (primary N) is 1. The van der Waals surface area contributed by atoms with Gasteiger partial charge in [0, 0.05) is 26.5 Å². The van der Waals surface area contributed by atoms with Crippen molar-refractivity contribution in [3.8, 4) is 0 Å². The second kappa shape index (κ2) is 6.88. The second-order valence-corrected chi connectivity index (χ2v) is 6.36. The Labute approximate surface area is 130 Å². The van der Waals surface area contributed by atoms with Gasteiger partial charge in [0.2, 0.25) is 0 Å². The molecule has 1 heterocycles. The number of anilines is 1. The molecule has 4 nitrogen and oxygen atoms in total. The summed E-state index contributed by atoms with van der Waals surface area (Å²) in [5, 5.41) is 7.61. The molecule has 2 aromatic rings. The molecular weight excluding hydrogens is 338 g/mol. The summed E-state index contributed by atoms with van der Waals surface area (Å²) < 4.78 is 1.03. The van der Waals surface area contributed by atoms with Crippen LogP contribution >= 0.6 is 27.3 Å². The van der Waals surface area contributed by atoms with Crippen LogP contribution in [0.1, 0.15) is 23.4 Å². The van der Waals surface area contributed by atoms with Crippen LogP contribution in [0.3, 0.4) is 0 Å². The number of halogens is 1. The Balaban J connectivity index is 1.89. The van der Waals surface area contributed by atoms with Crippen LogP contribution in [0.15, 0.2) is 40.2 Å². The van der Waals surface area contributed by atoms with Gasteiger partial charge in [-0.2, -0.15) is 0 Å². The largest absolute Gasteiger partial charge is 0.333 e. The van der Waals surface area contributed by atoms with Crippen LogP contribution in [-0.4, -0.2) is 6.03 Å². The smallest absolute Gasteiger partial charge is 0.319 e. The standard InChI is InChI=1S/C14H16BrN3OS/c1-9(16)10-3-2-4-12(5-10)18-14(19)17-7-13-6-11(15)8-20-13/h2-6,8-9H,7,16H2,1H3,(H2,17,18,19). The first-order valence-corrected chi connectivity index (χ1v) is 7.85. The summed E-state index contributed by atoms with van der Waals surface area (Å²) in [6, 6.07) is 9.25. The Morgan fingerprint density at radius 1 is 1.45 bits per heavy atom. The van der Waals surface area contributed by atoms with Gasteiger partial charge in [0.1, 0.15) is 0 Å². The SMILES string of the molecule is CC(N)c1cccc(NC(=O)NCc2cc(Br)cs2)c1. The Kier molecular flexibility index (Phi) is 5.17. The van der Waals surface area contributed by atoms with Gasteiger partial charge in [-0.3, -0.25) is 0 Å². The molecule has 0 saturated carbocycles. The van der Waals surface area contributed by atoms with Gasteiger partial charge < -0.3 is 16.4 Å². The normalized spacial score (nSPS) is 11.9. The van der Waals surface area contributed by atoms with Crippen LogP contribution in [-0.2, 0) is 6.54 Å². The van der Waals surface area contributed by atoms with Crippen molar-refractivity contribution in [2.24, 2.45) is 5.73 Å². The zero-order valence-corrected chi connectivity index (χ0v) is 13.4.